The Balaban J connectivity index is 1.58. The fourth-order valence-corrected chi connectivity index (χ4v) is 2.97. The third kappa shape index (κ3) is 2.94. The smallest absolute Gasteiger partial charge is 0.395 e. The second kappa shape index (κ2) is 6.12. The average molecular weight is 378 g/mol. The predicted molar refractivity (Wildman–Crippen MR) is 98.7 cm³/mol. The van der Waals surface area contributed by atoms with E-state index in [1.807, 2.05) is 36.4 Å². The highest BCUT2D eigenvalue weighted by Crippen LogP contribution is 2.42. The van der Waals surface area contributed by atoms with Crippen molar-refractivity contribution in [2.24, 2.45) is 0 Å². The molecular formula is C20H12F2N4O2. The lowest BCUT2D eigenvalue weighted by Gasteiger charge is -2.11. The lowest BCUT2D eigenvalue weighted by Crippen LogP contribution is -2.25. The van der Waals surface area contributed by atoms with Crippen molar-refractivity contribution in [1.29, 1.82) is 0 Å². The van der Waals surface area contributed by atoms with Crippen LogP contribution in [-0.4, -0.2) is 21.2 Å². The molecule has 0 spiro atoms. The second-order valence-corrected chi connectivity index (χ2v) is 6.10. The van der Waals surface area contributed by atoms with Gasteiger partial charge in [-0.05, 0) is 36.4 Å². The van der Waals surface area contributed by atoms with Crippen LogP contribution < -0.4 is 14.8 Å². The molecule has 0 aliphatic carbocycles. The lowest BCUT2D eigenvalue weighted by molar-refractivity contribution is -0.286. The molecule has 0 unspecified atom stereocenters. The Morgan fingerprint density at radius 3 is 2.50 bits per heavy atom. The molecule has 5 rings (SSSR count). The van der Waals surface area contributed by atoms with Gasteiger partial charge in [-0.3, -0.25) is 4.98 Å². The summed E-state index contributed by atoms with van der Waals surface area (Å²) in [5.41, 5.74) is 2.10. The molecule has 1 aliphatic heterocycles. The van der Waals surface area contributed by atoms with Crippen LogP contribution in [0.3, 0.4) is 0 Å². The quantitative estimate of drug-likeness (QED) is 0.554. The summed E-state index contributed by atoms with van der Waals surface area (Å²) < 4.78 is 35.5. The predicted octanol–water partition coefficient (Wildman–Crippen LogP) is 4.76. The lowest BCUT2D eigenvalue weighted by atomic mass is 10.2. The Morgan fingerprint density at radius 1 is 0.857 bits per heavy atom. The number of nitrogens with zero attached hydrogens (tertiary/aromatic N) is 3. The molecule has 1 aliphatic rings. The number of rotatable bonds is 3. The van der Waals surface area contributed by atoms with Crippen molar-refractivity contribution in [1.82, 2.24) is 15.0 Å². The highest BCUT2D eigenvalue weighted by Gasteiger charge is 2.43. The van der Waals surface area contributed by atoms with Gasteiger partial charge in [-0.1, -0.05) is 12.1 Å². The Kier molecular flexibility index (Phi) is 3.58. The molecular weight excluding hydrogens is 366 g/mol. The van der Waals surface area contributed by atoms with Crippen molar-refractivity contribution in [3.8, 4) is 22.9 Å². The minimum absolute atomic E-state index is 0.0134. The molecule has 0 bridgehead atoms. The molecule has 0 saturated heterocycles. The van der Waals surface area contributed by atoms with Gasteiger partial charge < -0.3 is 14.8 Å². The topological polar surface area (TPSA) is 69.2 Å². The van der Waals surface area contributed by atoms with Gasteiger partial charge in [0.2, 0.25) is 0 Å². The van der Waals surface area contributed by atoms with Gasteiger partial charge in [0.1, 0.15) is 5.82 Å². The fraction of sp³-hybridized carbons (Fsp3) is 0.0500. The van der Waals surface area contributed by atoms with Crippen molar-refractivity contribution >= 4 is 22.4 Å². The van der Waals surface area contributed by atoms with Gasteiger partial charge in [-0.25, -0.2) is 9.97 Å². The summed E-state index contributed by atoms with van der Waals surface area (Å²) in [5.74, 6) is 1.02. The summed E-state index contributed by atoms with van der Waals surface area (Å²) in [7, 11) is 0. The van der Waals surface area contributed by atoms with Gasteiger partial charge in [0.15, 0.2) is 17.3 Å². The number of benzene rings is 2. The first-order chi connectivity index (χ1) is 13.6. The number of nitrogens with one attached hydrogen (secondary N) is 1. The van der Waals surface area contributed by atoms with Crippen LogP contribution in [0, 0.1) is 0 Å². The summed E-state index contributed by atoms with van der Waals surface area (Å²) in [5, 5.41) is 3.96. The van der Waals surface area contributed by atoms with Gasteiger partial charge in [0.05, 0.1) is 5.52 Å². The highest BCUT2D eigenvalue weighted by molar-refractivity contribution is 5.92. The van der Waals surface area contributed by atoms with E-state index in [2.05, 4.69) is 29.7 Å². The molecule has 6 nitrogen and oxygen atoms in total. The molecule has 28 heavy (non-hydrogen) atoms. The Labute approximate surface area is 157 Å². The van der Waals surface area contributed by atoms with E-state index in [1.54, 1.807) is 18.5 Å². The molecule has 0 saturated carbocycles. The number of anilines is 2. The number of ether oxygens (including phenoxy) is 2. The van der Waals surface area contributed by atoms with Gasteiger partial charge in [0.25, 0.3) is 0 Å². The highest BCUT2D eigenvalue weighted by atomic mass is 19.3. The fourth-order valence-electron chi connectivity index (χ4n) is 2.97. The number of fused-ring (bicyclic) bond motifs is 2. The van der Waals surface area contributed by atoms with Gasteiger partial charge in [0, 0.05) is 35.1 Å². The summed E-state index contributed by atoms with van der Waals surface area (Å²) in [6.07, 6.45) is -0.324. The van der Waals surface area contributed by atoms with E-state index in [4.69, 9.17) is 0 Å². The number of hydrogen-bond donors (Lipinski definition) is 1. The molecule has 3 heterocycles. The van der Waals surface area contributed by atoms with E-state index in [9.17, 15) is 8.78 Å². The van der Waals surface area contributed by atoms with Crippen molar-refractivity contribution < 1.29 is 18.3 Å². The molecule has 1 N–H and O–H groups in total. The first-order valence-electron chi connectivity index (χ1n) is 8.41. The summed E-state index contributed by atoms with van der Waals surface area (Å²) >= 11 is 0. The van der Waals surface area contributed by atoms with E-state index in [0.717, 1.165) is 16.5 Å². The van der Waals surface area contributed by atoms with Gasteiger partial charge in [-0.2, -0.15) is 0 Å². The van der Waals surface area contributed by atoms with Crippen LogP contribution >= 0.6 is 0 Å². The molecule has 0 atom stereocenters. The largest absolute Gasteiger partial charge is 0.586 e. The molecule has 4 aromatic rings. The SMILES string of the molecule is FC1(F)Oc2ccc(Nc3nc(-c4ccncc4)nc4ccccc34)cc2O1. The van der Waals surface area contributed by atoms with Crippen molar-refractivity contribution in [3.05, 3.63) is 67.0 Å². The van der Waals surface area contributed by atoms with Crippen molar-refractivity contribution in [2.45, 2.75) is 6.29 Å². The van der Waals surface area contributed by atoms with Crippen LogP contribution in [-0.2, 0) is 0 Å². The Morgan fingerprint density at radius 2 is 1.64 bits per heavy atom. The van der Waals surface area contributed by atoms with Crippen molar-refractivity contribution in [3.63, 3.8) is 0 Å². The average Bonchev–Trinajstić information content (AvgIpc) is 3.01. The number of aromatic nitrogens is 3. The maximum atomic E-state index is 13.3. The Hall–Kier alpha value is -3.81. The third-order valence-electron chi connectivity index (χ3n) is 4.21. The summed E-state index contributed by atoms with van der Waals surface area (Å²) in [6, 6.07) is 15.6. The molecule has 2 aromatic carbocycles. The van der Waals surface area contributed by atoms with E-state index in [0.29, 0.717) is 17.3 Å². The third-order valence-corrected chi connectivity index (χ3v) is 4.21. The van der Waals surface area contributed by atoms with E-state index < -0.39 is 6.29 Å². The van der Waals surface area contributed by atoms with E-state index in [1.165, 1.54) is 12.1 Å². The first-order valence-corrected chi connectivity index (χ1v) is 8.41. The van der Waals surface area contributed by atoms with Crippen LogP contribution in [0.4, 0.5) is 20.3 Å². The zero-order valence-electron chi connectivity index (χ0n) is 14.3. The zero-order valence-corrected chi connectivity index (χ0v) is 14.3. The number of pyridine rings is 1. The molecule has 2 aromatic heterocycles. The summed E-state index contributed by atoms with van der Waals surface area (Å²) in [4.78, 5) is 13.2. The van der Waals surface area contributed by atoms with E-state index in [-0.39, 0.29) is 11.5 Å². The maximum absolute atomic E-state index is 13.3. The first kappa shape index (κ1) is 16.4. The molecule has 0 amide bonds. The molecule has 138 valence electrons. The van der Waals surface area contributed by atoms with E-state index >= 15 is 0 Å². The minimum Gasteiger partial charge on any atom is -0.395 e. The minimum atomic E-state index is -3.66. The zero-order chi connectivity index (χ0) is 19.1. The van der Waals surface area contributed by atoms with Gasteiger partial charge in [-0.15, -0.1) is 8.78 Å². The molecule has 0 fully saturated rings. The van der Waals surface area contributed by atoms with Crippen molar-refractivity contribution in [2.75, 3.05) is 5.32 Å². The molecule has 8 heteroatoms. The van der Waals surface area contributed by atoms with Gasteiger partial charge >= 0.3 is 6.29 Å². The number of hydrogen-bond acceptors (Lipinski definition) is 6. The maximum Gasteiger partial charge on any atom is 0.586 e. The second-order valence-electron chi connectivity index (χ2n) is 6.10. The number of halogens is 2. The number of alkyl halides is 2. The Bertz CT molecular complexity index is 1190. The standard InChI is InChI=1S/C20H12F2N4O2/c21-20(22)27-16-6-5-13(11-17(16)28-20)24-19-14-3-1-2-4-15(14)25-18(26-19)12-7-9-23-10-8-12/h1-11H,(H,24,25,26). The van der Waals surface area contributed by atoms with Crippen LogP contribution in [0.5, 0.6) is 11.5 Å². The monoisotopic (exact) mass is 378 g/mol. The normalized spacial score (nSPS) is 14.2. The van der Waals surface area contributed by atoms with Crippen LogP contribution in [0.25, 0.3) is 22.3 Å². The van der Waals surface area contributed by atoms with Crippen LogP contribution in [0.2, 0.25) is 0 Å². The number of para-hydroxylation sites is 1. The van der Waals surface area contributed by atoms with Crippen LogP contribution in [0.1, 0.15) is 0 Å². The summed E-state index contributed by atoms with van der Waals surface area (Å²) in [6.45, 7) is 0. The molecule has 0 radical (unpaired) electrons. The van der Waals surface area contributed by atoms with Crippen LogP contribution in [0.15, 0.2) is 67.0 Å².